The Morgan fingerprint density at radius 3 is 2.34 bits per heavy atom. The second-order valence-corrected chi connectivity index (χ2v) is 9.31. The summed E-state index contributed by atoms with van der Waals surface area (Å²) in [6, 6.07) is 17.4. The summed E-state index contributed by atoms with van der Waals surface area (Å²) in [5.74, 6) is -2.55. The van der Waals surface area contributed by atoms with Crippen LogP contribution in [0.4, 0.5) is 13.2 Å². The zero-order valence-electron chi connectivity index (χ0n) is 18.8. The molecular formula is C27H24ClF3N2O2. The van der Waals surface area contributed by atoms with E-state index in [-0.39, 0.29) is 32.5 Å². The summed E-state index contributed by atoms with van der Waals surface area (Å²) in [5, 5.41) is 11.8. The number of nitrogens with zero attached hydrogens (tertiary/aromatic N) is 1. The predicted octanol–water partition coefficient (Wildman–Crippen LogP) is 6.74. The SMILES string of the molecule is NCc1cc2cc(-c3ccc(C(O)N4CCC(F)(F)CC4)cc3)cc(-c3ccc(Cl)cc3F)c2o1. The maximum atomic E-state index is 14.8. The average Bonchev–Trinajstić information content (AvgIpc) is 3.27. The zero-order chi connectivity index (χ0) is 24.7. The highest BCUT2D eigenvalue weighted by Gasteiger charge is 2.36. The number of benzene rings is 3. The Balaban J connectivity index is 1.50. The highest BCUT2D eigenvalue weighted by Crippen LogP contribution is 2.38. The van der Waals surface area contributed by atoms with Crippen molar-refractivity contribution in [3.63, 3.8) is 0 Å². The molecule has 1 unspecified atom stereocenters. The van der Waals surface area contributed by atoms with Gasteiger partial charge in [0.2, 0.25) is 0 Å². The van der Waals surface area contributed by atoms with E-state index in [1.54, 1.807) is 29.2 Å². The first-order chi connectivity index (χ1) is 16.7. The van der Waals surface area contributed by atoms with E-state index >= 15 is 0 Å². The Morgan fingerprint density at radius 1 is 0.971 bits per heavy atom. The predicted molar refractivity (Wildman–Crippen MR) is 131 cm³/mol. The van der Waals surface area contributed by atoms with Crippen molar-refractivity contribution < 1.29 is 22.7 Å². The van der Waals surface area contributed by atoms with Crippen molar-refractivity contribution in [1.29, 1.82) is 0 Å². The Bertz CT molecular complexity index is 1360. The van der Waals surface area contributed by atoms with Crippen molar-refractivity contribution in [2.45, 2.75) is 31.5 Å². The molecule has 5 rings (SSSR count). The molecule has 182 valence electrons. The van der Waals surface area contributed by atoms with Gasteiger partial charge in [-0.05, 0) is 53.1 Å². The number of aliphatic hydroxyl groups is 1. The molecule has 1 aromatic heterocycles. The monoisotopic (exact) mass is 500 g/mol. The third kappa shape index (κ3) is 4.82. The van der Waals surface area contributed by atoms with E-state index in [0.29, 0.717) is 33.1 Å². The number of fused-ring (bicyclic) bond motifs is 1. The molecule has 1 aliphatic rings. The van der Waals surface area contributed by atoms with Crippen LogP contribution >= 0.6 is 11.6 Å². The van der Waals surface area contributed by atoms with Crippen LogP contribution in [0, 0.1) is 5.82 Å². The summed E-state index contributed by atoms with van der Waals surface area (Å²) in [7, 11) is 0. The number of rotatable bonds is 5. The fraction of sp³-hybridized carbons (Fsp3) is 0.259. The number of alkyl halides is 2. The molecule has 2 heterocycles. The minimum atomic E-state index is -2.67. The van der Waals surface area contributed by atoms with Gasteiger partial charge in [0.25, 0.3) is 5.92 Å². The molecule has 0 spiro atoms. The van der Waals surface area contributed by atoms with E-state index in [2.05, 4.69) is 0 Å². The van der Waals surface area contributed by atoms with Crippen LogP contribution < -0.4 is 5.73 Å². The van der Waals surface area contributed by atoms with Gasteiger partial charge in [-0.25, -0.2) is 13.2 Å². The van der Waals surface area contributed by atoms with Crippen molar-refractivity contribution in [3.8, 4) is 22.3 Å². The number of hydrogen-bond donors (Lipinski definition) is 2. The van der Waals surface area contributed by atoms with Crippen molar-refractivity contribution in [1.82, 2.24) is 4.90 Å². The minimum absolute atomic E-state index is 0.132. The number of halogens is 4. The van der Waals surface area contributed by atoms with E-state index in [4.69, 9.17) is 21.8 Å². The smallest absolute Gasteiger partial charge is 0.250 e. The van der Waals surface area contributed by atoms with E-state index in [9.17, 15) is 18.3 Å². The highest BCUT2D eigenvalue weighted by molar-refractivity contribution is 6.30. The minimum Gasteiger partial charge on any atom is -0.459 e. The van der Waals surface area contributed by atoms with Gasteiger partial charge >= 0.3 is 0 Å². The molecule has 0 amide bonds. The molecule has 0 saturated carbocycles. The quantitative estimate of drug-likeness (QED) is 0.318. The molecule has 3 N–H and O–H groups in total. The first-order valence-corrected chi connectivity index (χ1v) is 11.7. The number of hydrogen-bond acceptors (Lipinski definition) is 4. The van der Waals surface area contributed by atoms with Crippen LogP contribution in [0.3, 0.4) is 0 Å². The molecule has 1 fully saturated rings. The van der Waals surface area contributed by atoms with Gasteiger partial charge in [0, 0.05) is 47.5 Å². The van der Waals surface area contributed by atoms with Crippen molar-refractivity contribution >= 4 is 22.6 Å². The number of nitrogens with two attached hydrogens (primary N) is 1. The summed E-state index contributed by atoms with van der Waals surface area (Å²) >= 11 is 5.95. The topological polar surface area (TPSA) is 62.6 Å². The molecule has 1 aliphatic heterocycles. The summed E-state index contributed by atoms with van der Waals surface area (Å²) in [6.07, 6.45) is -1.48. The Hall–Kier alpha value is -2.84. The zero-order valence-corrected chi connectivity index (χ0v) is 19.5. The molecule has 0 bridgehead atoms. The Morgan fingerprint density at radius 2 is 1.69 bits per heavy atom. The second kappa shape index (κ2) is 9.32. The second-order valence-electron chi connectivity index (χ2n) is 8.87. The molecule has 0 radical (unpaired) electrons. The molecule has 1 saturated heterocycles. The van der Waals surface area contributed by atoms with Crippen LogP contribution in [0.25, 0.3) is 33.2 Å². The van der Waals surface area contributed by atoms with Crippen LogP contribution in [0.1, 0.15) is 30.4 Å². The van der Waals surface area contributed by atoms with E-state index in [1.165, 1.54) is 6.07 Å². The number of likely N-dealkylation sites (tertiary alicyclic amines) is 1. The fourth-order valence-corrected chi connectivity index (χ4v) is 4.69. The lowest BCUT2D eigenvalue weighted by Crippen LogP contribution is -2.41. The van der Waals surface area contributed by atoms with Gasteiger partial charge in [0.15, 0.2) is 0 Å². The molecule has 4 nitrogen and oxygen atoms in total. The lowest BCUT2D eigenvalue weighted by atomic mass is 9.95. The van der Waals surface area contributed by atoms with Gasteiger partial charge in [0.05, 0.1) is 6.54 Å². The fourth-order valence-electron chi connectivity index (χ4n) is 4.54. The normalized spacial score (nSPS) is 17.1. The summed E-state index contributed by atoms with van der Waals surface area (Å²) in [4.78, 5) is 1.65. The molecule has 4 aromatic rings. The molecule has 1 atom stereocenters. The van der Waals surface area contributed by atoms with Crippen molar-refractivity contribution in [3.05, 3.63) is 82.8 Å². The number of furan rings is 1. The van der Waals surface area contributed by atoms with E-state index < -0.39 is 18.0 Å². The first kappa shape index (κ1) is 23.9. The number of aliphatic hydroxyl groups excluding tert-OH is 1. The summed E-state index contributed by atoms with van der Waals surface area (Å²) in [5.41, 5.74) is 9.52. The highest BCUT2D eigenvalue weighted by atomic mass is 35.5. The maximum absolute atomic E-state index is 14.8. The lowest BCUT2D eigenvalue weighted by molar-refractivity contribution is -0.0961. The number of piperidine rings is 1. The van der Waals surface area contributed by atoms with E-state index in [1.807, 2.05) is 30.3 Å². The molecule has 0 aliphatic carbocycles. The van der Waals surface area contributed by atoms with Crippen LogP contribution in [0.15, 0.2) is 65.1 Å². The summed E-state index contributed by atoms with van der Waals surface area (Å²) < 4.78 is 47.7. The van der Waals surface area contributed by atoms with Gasteiger partial charge < -0.3 is 15.3 Å². The first-order valence-electron chi connectivity index (χ1n) is 11.4. The molecular weight excluding hydrogens is 477 g/mol. The average molecular weight is 501 g/mol. The lowest BCUT2D eigenvalue weighted by Gasteiger charge is -2.35. The van der Waals surface area contributed by atoms with Crippen LogP contribution in [-0.4, -0.2) is 29.0 Å². The Kier molecular flexibility index (Phi) is 6.36. The van der Waals surface area contributed by atoms with Gasteiger partial charge in [-0.2, -0.15) is 0 Å². The van der Waals surface area contributed by atoms with Gasteiger partial charge in [0.1, 0.15) is 23.4 Å². The summed E-state index contributed by atoms with van der Waals surface area (Å²) in [6.45, 7) is 0.473. The van der Waals surface area contributed by atoms with Gasteiger partial charge in [-0.3, -0.25) is 4.90 Å². The van der Waals surface area contributed by atoms with Crippen molar-refractivity contribution in [2.24, 2.45) is 5.73 Å². The molecule has 3 aromatic carbocycles. The third-order valence-electron chi connectivity index (χ3n) is 6.51. The largest absolute Gasteiger partial charge is 0.459 e. The standard InChI is InChI=1S/C27H24ClF3N2O2/c28-20-5-6-22(24(29)14-20)23-13-18(11-19-12-21(15-32)35-25(19)23)16-1-3-17(4-2-16)26(34)33-9-7-27(30,31)8-10-33/h1-6,11-14,26,34H,7-10,15,32H2. The Labute approximate surface area is 205 Å². The van der Waals surface area contributed by atoms with Gasteiger partial charge in [-0.15, -0.1) is 0 Å². The molecule has 35 heavy (non-hydrogen) atoms. The third-order valence-corrected chi connectivity index (χ3v) is 6.74. The van der Waals surface area contributed by atoms with Crippen molar-refractivity contribution in [2.75, 3.05) is 13.1 Å². The van der Waals surface area contributed by atoms with Crippen LogP contribution in [0.5, 0.6) is 0 Å². The van der Waals surface area contributed by atoms with E-state index in [0.717, 1.165) is 16.5 Å². The van der Waals surface area contributed by atoms with Gasteiger partial charge in [-0.1, -0.05) is 35.9 Å². The van der Waals surface area contributed by atoms with Crippen LogP contribution in [-0.2, 0) is 6.54 Å². The maximum Gasteiger partial charge on any atom is 0.250 e. The van der Waals surface area contributed by atoms with Crippen LogP contribution in [0.2, 0.25) is 5.02 Å². The molecule has 8 heteroatoms.